The van der Waals surface area contributed by atoms with Crippen LogP contribution in [0.3, 0.4) is 0 Å². The number of nitriles is 1. The number of aromatic hydroxyl groups is 1. The number of nitrogens with one attached hydrogen (secondary N) is 1. The maximum atomic E-state index is 9.82. The molecule has 0 spiro atoms. The molecular formula is C15H12Cl2N2O. The minimum atomic E-state index is 0.0448. The van der Waals surface area contributed by atoms with E-state index in [0.29, 0.717) is 29.2 Å². The number of phenols is 1. The summed E-state index contributed by atoms with van der Waals surface area (Å²) in [6.07, 6.45) is 0. The molecule has 2 N–H and O–H groups in total. The fourth-order valence-corrected chi connectivity index (χ4v) is 2.33. The van der Waals surface area contributed by atoms with Gasteiger partial charge in [0, 0.05) is 23.7 Å². The highest BCUT2D eigenvalue weighted by atomic mass is 35.5. The Kier molecular flexibility index (Phi) is 4.86. The fourth-order valence-electron chi connectivity index (χ4n) is 1.79. The lowest BCUT2D eigenvalue weighted by atomic mass is 10.1. The molecule has 0 radical (unpaired) electrons. The van der Waals surface area contributed by atoms with Crippen LogP contribution in [0.25, 0.3) is 0 Å². The number of benzene rings is 2. The molecular weight excluding hydrogens is 295 g/mol. The summed E-state index contributed by atoms with van der Waals surface area (Å²) in [5.41, 5.74) is 2.33. The maximum absolute atomic E-state index is 9.82. The molecule has 0 aliphatic rings. The van der Waals surface area contributed by atoms with Crippen molar-refractivity contribution in [1.29, 1.82) is 5.26 Å². The van der Waals surface area contributed by atoms with E-state index in [9.17, 15) is 5.11 Å². The Morgan fingerprint density at radius 3 is 2.45 bits per heavy atom. The van der Waals surface area contributed by atoms with Gasteiger partial charge in [-0.25, -0.2) is 0 Å². The molecule has 20 heavy (non-hydrogen) atoms. The topological polar surface area (TPSA) is 56.0 Å². The Hall–Kier alpha value is -1.73. The number of hydrogen-bond donors (Lipinski definition) is 2. The number of nitrogens with zero attached hydrogens (tertiary/aromatic N) is 1. The quantitative estimate of drug-likeness (QED) is 0.902. The second-order valence-corrected chi connectivity index (χ2v) is 5.15. The monoisotopic (exact) mass is 306 g/mol. The normalized spacial score (nSPS) is 10.2. The number of phenolic OH excluding ortho intramolecular Hbond substituents is 1. The number of halogens is 2. The Morgan fingerprint density at radius 2 is 1.80 bits per heavy atom. The van der Waals surface area contributed by atoms with Gasteiger partial charge < -0.3 is 10.4 Å². The van der Waals surface area contributed by atoms with Crippen LogP contribution in [-0.2, 0) is 13.1 Å². The summed E-state index contributed by atoms with van der Waals surface area (Å²) in [6, 6.07) is 12.6. The van der Waals surface area contributed by atoms with Gasteiger partial charge in [0.15, 0.2) is 0 Å². The maximum Gasteiger partial charge on any atom is 0.138 e. The van der Waals surface area contributed by atoms with Crippen molar-refractivity contribution in [2.75, 3.05) is 0 Å². The molecule has 0 aliphatic heterocycles. The van der Waals surface area contributed by atoms with Gasteiger partial charge in [-0.05, 0) is 29.8 Å². The summed E-state index contributed by atoms with van der Waals surface area (Å²) >= 11 is 11.8. The number of hydrogen-bond acceptors (Lipinski definition) is 3. The van der Waals surface area contributed by atoms with E-state index in [4.69, 9.17) is 28.5 Å². The Morgan fingerprint density at radius 1 is 1.10 bits per heavy atom. The molecule has 3 nitrogen and oxygen atoms in total. The smallest absolute Gasteiger partial charge is 0.138 e. The SMILES string of the molecule is N#Cc1ccc(CNCc2cc(Cl)cc(Cl)c2O)cc1. The van der Waals surface area contributed by atoms with E-state index in [0.717, 1.165) is 5.56 Å². The van der Waals surface area contributed by atoms with Crippen LogP contribution in [0.5, 0.6) is 5.75 Å². The highest BCUT2D eigenvalue weighted by Crippen LogP contribution is 2.30. The Labute approximate surface area is 127 Å². The molecule has 0 fully saturated rings. The molecule has 102 valence electrons. The van der Waals surface area contributed by atoms with Crippen LogP contribution in [0.1, 0.15) is 16.7 Å². The van der Waals surface area contributed by atoms with Crippen LogP contribution in [0, 0.1) is 11.3 Å². The summed E-state index contributed by atoms with van der Waals surface area (Å²) < 4.78 is 0. The van der Waals surface area contributed by atoms with Gasteiger partial charge in [0.2, 0.25) is 0 Å². The largest absolute Gasteiger partial charge is 0.506 e. The molecule has 0 unspecified atom stereocenters. The molecule has 5 heteroatoms. The molecule has 0 saturated carbocycles. The summed E-state index contributed by atoms with van der Waals surface area (Å²) in [7, 11) is 0. The van der Waals surface area contributed by atoms with E-state index < -0.39 is 0 Å². The van der Waals surface area contributed by atoms with Gasteiger partial charge in [-0.1, -0.05) is 35.3 Å². The molecule has 0 aliphatic carbocycles. The zero-order valence-electron chi connectivity index (χ0n) is 10.5. The standard InChI is InChI=1S/C15H12Cl2N2O/c16-13-5-12(15(20)14(17)6-13)9-19-8-11-3-1-10(7-18)2-4-11/h1-6,19-20H,8-9H2. The van der Waals surface area contributed by atoms with Crippen LogP contribution < -0.4 is 5.32 Å². The third-order valence-electron chi connectivity index (χ3n) is 2.83. The molecule has 0 saturated heterocycles. The fraction of sp³-hybridized carbons (Fsp3) is 0.133. The third-order valence-corrected chi connectivity index (χ3v) is 3.34. The first-order valence-corrected chi connectivity index (χ1v) is 6.72. The van der Waals surface area contributed by atoms with Crippen molar-refractivity contribution in [1.82, 2.24) is 5.32 Å². The highest BCUT2D eigenvalue weighted by Gasteiger charge is 2.07. The molecule has 0 atom stereocenters. The molecule has 0 bridgehead atoms. The van der Waals surface area contributed by atoms with Crippen LogP contribution in [0.2, 0.25) is 10.0 Å². The molecule has 2 aromatic carbocycles. The van der Waals surface area contributed by atoms with Crippen molar-refractivity contribution < 1.29 is 5.11 Å². The first-order chi connectivity index (χ1) is 9.60. The summed E-state index contributed by atoms with van der Waals surface area (Å²) in [6.45, 7) is 1.07. The third kappa shape index (κ3) is 3.64. The van der Waals surface area contributed by atoms with E-state index in [2.05, 4.69) is 11.4 Å². The van der Waals surface area contributed by atoms with Crippen LogP contribution >= 0.6 is 23.2 Å². The average molecular weight is 307 g/mol. The van der Waals surface area contributed by atoms with Crippen molar-refractivity contribution in [3.8, 4) is 11.8 Å². The van der Waals surface area contributed by atoms with Crippen LogP contribution in [0.4, 0.5) is 0 Å². The minimum Gasteiger partial charge on any atom is -0.506 e. The molecule has 2 aromatic rings. The van der Waals surface area contributed by atoms with Gasteiger partial charge >= 0.3 is 0 Å². The van der Waals surface area contributed by atoms with E-state index >= 15 is 0 Å². The van der Waals surface area contributed by atoms with Crippen molar-refractivity contribution in [3.05, 3.63) is 63.1 Å². The zero-order chi connectivity index (χ0) is 14.5. The summed E-state index contributed by atoms with van der Waals surface area (Å²) in [4.78, 5) is 0. The Bertz CT molecular complexity index is 648. The van der Waals surface area contributed by atoms with Gasteiger partial charge in [0.1, 0.15) is 5.75 Å². The number of rotatable bonds is 4. The summed E-state index contributed by atoms with van der Waals surface area (Å²) in [5, 5.41) is 22.5. The first kappa shape index (κ1) is 14.7. The molecule has 0 heterocycles. The van der Waals surface area contributed by atoms with Crippen molar-refractivity contribution in [2.45, 2.75) is 13.1 Å². The second kappa shape index (κ2) is 6.62. The van der Waals surface area contributed by atoms with Crippen molar-refractivity contribution >= 4 is 23.2 Å². The minimum absolute atomic E-state index is 0.0448. The van der Waals surface area contributed by atoms with E-state index in [1.165, 1.54) is 6.07 Å². The van der Waals surface area contributed by atoms with Crippen LogP contribution in [0.15, 0.2) is 36.4 Å². The lowest BCUT2D eigenvalue weighted by molar-refractivity contribution is 0.464. The molecule has 2 rings (SSSR count). The lowest BCUT2D eigenvalue weighted by Crippen LogP contribution is -2.12. The van der Waals surface area contributed by atoms with Crippen molar-refractivity contribution in [3.63, 3.8) is 0 Å². The van der Waals surface area contributed by atoms with Gasteiger partial charge in [-0.3, -0.25) is 0 Å². The van der Waals surface area contributed by atoms with Gasteiger partial charge in [0.25, 0.3) is 0 Å². The van der Waals surface area contributed by atoms with Crippen molar-refractivity contribution in [2.24, 2.45) is 0 Å². The zero-order valence-corrected chi connectivity index (χ0v) is 12.0. The summed E-state index contributed by atoms with van der Waals surface area (Å²) in [5.74, 6) is 0.0448. The predicted molar refractivity (Wildman–Crippen MR) is 79.8 cm³/mol. The predicted octanol–water partition coefficient (Wildman–Crippen LogP) is 3.86. The van der Waals surface area contributed by atoms with Gasteiger partial charge in [-0.2, -0.15) is 5.26 Å². The highest BCUT2D eigenvalue weighted by molar-refractivity contribution is 6.35. The second-order valence-electron chi connectivity index (χ2n) is 4.31. The molecule has 0 amide bonds. The van der Waals surface area contributed by atoms with E-state index in [1.54, 1.807) is 18.2 Å². The van der Waals surface area contributed by atoms with Crippen LogP contribution in [-0.4, -0.2) is 5.11 Å². The molecule has 0 aromatic heterocycles. The van der Waals surface area contributed by atoms with E-state index in [-0.39, 0.29) is 10.8 Å². The first-order valence-electron chi connectivity index (χ1n) is 5.97. The lowest BCUT2D eigenvalue weighted by Gasteiger charge is -2.09. The van der Waals surface area contributed by atoms with Gasteiger partial charge in [-0.15, -0.1) is 0 Å². The Balaban J connectivity index is 1.97. The van der Waals surface area contributed by atoms with E-state index in [1.807, 2.05) is 12.1 Å². The van der Waals surface area contributed by atoms with Gasteiger partial charge in [0.05, 0.1) is 16.7 Å². The average Bonchev–Trinajstić information content (AvgIpc) is 2.44.